The first-order valence-electron chi connectivity index (χ1n) is 7.34. The maximum Gasteiger partial charge on any atom is 0.339 e. The second-order valence-corrected chi connectivity index (χ2v) is 4.91. The highest BCUT2D eigenvalue weighted by Gasteiger charge is 2.19. The Morgan fingerprint density at radius 3 is 2.00 bits per heavy atom. The van der Waals surface area contributed by atoms with Gasteiger partial charge in [0.1, 0.15) is 0 Å². The summed E-state index contributed by atoms with van der Waals surface area (Å²) in [6, 6.07) is 9.62. The molecule has 7 nitrogen and oxygen atoms in total. The minimum absolute atomic E-state index is 0.255. The Kier molecular flexibility index (Phi) is 5.84. The first kappa shape index (κ1) is 18.1. The van der Waals surface area contributed by atoms with E-state index in [0.717, 1.165) is 0 Å². The highest BCUT2D eigenvalue weighted by molar-refractivity contribution is 6.08. The van der Waals surface area contributed by atoms with E-state index in [1.807, 2.05) is 0 Å². The van der Waals surface area contributed by atoms with Crippen molar-refractivity contribution in [1.29, 1.82) is 0 Å². The molecule has 0 radical (unpaired) electrons. The van der Waals surface area contributed by atoms with Gasteiger partial charge in [-0.05, 0) is 24.3 Å². The lowest BCUT2D eigenvalue weighted by molar-refractivity contribution is 0.0602. The van der Waals surface area contributed by atoms with E-state index in [2.05, 4.69) is 5.32 Å². The van der Waals surface area contributed by atoms with Crippen LogP contribution >= 0.6 is 0 Å². The molecule has 2 aromatic carbocycles. The predicted octanol–water partition coefficient (Wildman–Crippen LogP) is 2.75. The summed E-state index contributed by atoms with van der Waals surface area (Å²) in [5, 5.41) is 2.69. The zero-order valence-electron chi connectivity index (χ0n) is 14.4. The number of ether oxygens (including phenoxy) is 4. The van der Waals surface area contributed by atoms with Gasteiger partial charge in [0.05, 0.1) is 39.7 Å². The van der Waals surface area contributed by atoms with E-state index < -0.39 is 11.9 Å². The molecule has 7 heteroatoms. The molecule has 2 rings (SSSR count). The molecule has 0 heterocycles. The molecule has 1 amide bonds. The summed E-state index contributed by atoms with van der Waals surface area (Å²) in [4.78, 5) is 24.4. The Bertz CT molecular complexity index is 762. The van der Waals surface area contributed by atoms with E-state index in [-0.39, 0.29) is 11.1 Å². The minimum Gasteiger partial charge on any atom is -0.493 e. The van der Waals surface area contributed by atoms with Crippen molar-refractivity contribution in [2.45, 2.75) is 0 Å². The molecule has 25 heavy (non-hydrogen) atoms. The summed E-state index contributed by atoms with van der Waals surface area (Å²) in [7, 11) is 5.68. The van der Waals surface area contributed by atoms with Gasteiger partial charge in [0, 0.05) is 5.56 Å². The number of carbonyl (C=O) groups excluding carboxylic acids is 2. The first-order valence-corrected chi connectivity index (χ1v) is 7.34. The molecule has 0 saturated heterocycles. The third-order valence-electron chi connectivity index (χ3n) is 3.51. The van der Waals surface area contributed by atoms with Gasteiger partial charge in [-0.3, -0.25) is 4.79 Å². The van der Waals surface area contributed by atoms with Gasteiger partial charge >= 0.3 is 5.97 Å². The number of nitrogens with one attached hydrogen (secondary N) is 1. The summed E-state index contributed by atoms with van der Waals surface area (Å²) in [5.41, 5.74) is 0.882. The average Bonchev–Trinajstić information content (AvgIpc) is 2.66. The molecule has 0 fully saturated rings. The lowest BCUT2D eigenvalue weighted by atomic mass is 10.1. The Morgan fingerprint density at radius 2 is 1.48 bits per heavy atom. The highest BCUT2D eigenvalue weighted by Crippen LogP contribution is 2.38. The van der Waals surface area contributed by atoms with Crippen LogP contribution < -0.4 is 19.5 Å². The zero-order chi connectivity index (χ0) is 18.4. The van der Waals surface area contributed by atoms with Crippen LogP contribution in [0.4, 0.5) is 5.69 Å². The molecule has 0 aromatic heterocycles. The van der Waals surface area contributed by atoms with Crippen molar-refractivity contribution in [3.05, 3.63) is 47.5 Å². The van der Waals surface area contributed by atoms with Crippen molar-refractivity contribution in [1.82, 2.24) is 0 Å². The first-order chi connectivity index (χ1) is 12.0. The quantitative estimate of drug-likeness (QED) is 0.811. The largest absolute Gasteiger partial charge is 0.493 e. The number of amides is 1. The number of esters is 1. The number of para-hydroxylation sites is 1. The number of rotatable bonds is 6. The summed E-state index contributed by atoms with van der Waals surface area (Å²) in [5.74, 6) is 0.120. The lowest BCUT2D eigenvalue weighted by Crippen LogP contribution is -2.15. The molecule has 0 unspecified atom stereocenters. The fourth-order valence-corrected chi connectivity index (χ4v) is 2.29. The molecule has 0 aliphatic rings. The summed E-state index contributed by atoms with van der Waals surface area (Å²) < 4.78 is 20.4. The van der Waals surface area contributed by atoms with Crippen LogP contribution in [0.1, 0.15) is 20.7 Å². The van der Waals surface area contributed by atoms with Crippen LogP contribution in [-0.4, -0.2) is 40.3 Å². The van der Waals surface area contributed by atoms with Crippen LogP contribution in [0.25, 0.3) is 0 Å². The smallest absolute Gasteiger partial charge is 0.339 e. The molecule has 0 saturated carbocycles. The van der Waals surface area contributed by atoms with Crippen LogP contribution in [0.2, 0.25) is 0 Å². The van der Waals surface area contributed by atoms with Crippen molar-refractivity contribution >= 4 is 17.6 Å². The predicted molar refractivity (Wildman–Crippen MR) is 91.8 cm³/mol. The van der Waals surface area contributed by atoms with E-state index in [0.29, 0.717) is 22.9 Å². The van der Waals surface area contributed by atoms with Gasteiger partial charge in [0.2, 0.25) is 5.75 Å². The number of anilines is 1. The molecular weight excluding hydrogens is 326 g/mol. The van der Waals surface area contributed by atoms with E-state index >= 15 is 0 Å². The third-order valence-corrected chi connectivity index (χ3v) is 3.51. The Labute approximate surface area is 145 Å². The van der Waals surface area contributed by atoms with E-state index in [9.17, 15) is 9.59 Å². The second-order valence-electron chi connectivity index (χ2n) is 4.91. The molecule has 0 aliphatic heterocycles. The van der Waals surface area contributed by atoms with Gasteiger partial charge in [-0.2, -0.15) is 0 Å². The Hall–Kier alpha value is -3.22. The van der Waals surface area contributed by atoms with Crippen molar-refractivity contribution in [2.24, 2.45) is 0 Å². The number of carbonyl (C=O) groups is 2. The standard InChI is InChI=1S/C18H19NO6/c1-22-14-9-11(10-15(23-2)16(14)24-3)17(20)19-13-8-6-5-7-12(13)18(21)25-4/h5-10H,1-4H3,(H,19,20). The summed E-state index contributed by atoms with van der Waals surface area (Å²) >= 11 is 0. The number of benzene rings is 2. The fourth-order valence-electron chi connectivity index (χ4n) is 2.29. The highest BCUT2D eigenvalue weighted by atomic mass is 16.5. The van der Waals surface area contributed by atoms with Gasteiger partial charge in [0.15, 0.2) is 11.5 Å². The van der Waals surface area contributed by atoms with Crippen molar-refractivity contribution in [3.63, 3.8) is 0 Å². The van der Waals surface area contributed by atoms with Crippen molar-refractivity contribution in [2.75, 3.05) is 33.8 Å². The molecule has 0 aliphatic carbocycles. The van der Waals surface area contributed by atoms with Gasteiger partial charge in [-0.25, -0.2) is 4.79 Å². The van der Waals surface area contributed by atoms with Crippen LogP contribution in [0.5, 0.6) is 17.2 Å². The van der Waals surface area contributed by atoms with Gasteiger partial charge < -0.3 is 24.3 Å². The molecule has 0 bridgehead atoms. The van der Waals surface area contributed by atoms with Crippen molar-refractivity contribution < 1.29 is 28.5 Å². The van der Waals surface area contributed by atoms with Gasteiger partial charge in [-0.15, -0.1) is 0 Å². The second kappa shape index (κ2) is 8.05. The van der Waals surface area contributed by atoms with Gasteiger partial charge in [-0.1, -0.05) is 12.1 Å². The minimum atomic E-state index is -0.541. The average molecular weight is 345 g/mol. The molecule has 0 atom stereocenters. The van der Waals surface area contributed by atoms with Gasteiger partial charge in [0.25, 0.3) is 5.91 Å². The zero-order valence-corrected chi connectivity index (χ0v) is 14.4. The SMILES string of the molecule is COC(=O)c1ccccc1NC(=O)c1cc(OC)c(OC)c(OC)c1. The number of hydrogen-bond donors (Lipinski definition) is 1. The molecular formula is C18H19NO6. The summed E-state index contributed by atoms with van der Waals surface area (Å²) in [6.07, 6.45) is 0. The molecule has 2 aromatic rings. The normalized spacial score (nSPS) is 9.92. The van der Waals surface area contributed by atoms with E-state index in [1.165, 1.54) is 40.6 Å². The maximum absolute atomic E-state index is 12.6. The topological polar surface area (TPSA) is 83.1 Å². The third kappa shape index (κ3) is 3.82. The van der Waals surface area contributed by atoms with Crippen LogP contribution in [0.15, 0.2) is 36.4 Å². The lowest BCUT2D eigenvalue weighted by Gasteiger charge is -2.14. The molecule has 132 valence electrons. The van der Waals surface area contributed by atoms with Crippen LogP contribution in [0, 0.1) is 0 Å². The van der Waals surface area contributed by atoms with Crippen molar-refractivity contribution in [3.8, 4) is 17.2 Å². The monoisotopic (exact) mass is 345 g/mol. The van der Waals surface area contributed by atoms with E-state index in [4.69, 9.17) is 18.9 Å². The molecule has 1 N–H and O–H groups in total. The van der Waals surface area contributed by atoms with Crippen LogP contribution in [-0.2, 0) is 4.74 Å². The number of methoxy groups -OCH3 is 4. The molecule has 0 spiro atoms. The Morgan fingerprint density at radius 1 is 0.880 bits per heavy atom. The van der Waals surface area contributed by atoms with Crippen LogP contribution in [0.3, 0.4) is 0 Å². The summed E-state index contributed by atoms with van der Waals surface area (Å²) in [6.45, 7) is 0. The Balaban J connectivity index is 2.38. The maximum atomic E-state index is 12.6. The number of hydrogen-bond acceptors (Lipinski definition) is 6. The fraction of sp³-hybridized carbons (Fsp3) is 0.222. The van der Waals surface area contributed by atoms with E-state index in [1.54, 1.807) is 24.3 Å².